The normalized spacial score (nSPS) is 24.6. The van der Waals surface area contributed by atoms with Gasteiger partial charge in [-0.25, -0.2) is 0 Å². The average molecular weight is 323 g/mol. The van der Waals surface area contributed by atoms with E-state index < -0.39 is 0 Å². The minimum absolute atomic E-state index is 0.844. The molecule has 1 unspecified atom stereocenters. The lowest BCUT2D eigenvalue weighted by molar-refractivity contribution is 0.165. The van der Waals surface area contributed by atoms with Crippen molar-refractivity contribution in [1.82, 2.24) is 10.2 Å². The Morgan fingerprint density at radius 2 is 2.05 bits per heavy atom. The van der Waals surface area contributed by atoms with Gasteiger partial charge in [-0.2, -0.15) is 0 Å². The third-order valence-corrected chi connectivity index (χ3v) is 5.00. The Hall–Kier alpha value is -0.380. The Morgan fingerprint density at radius 1 is 1.21 bits per heavy atom. The summed E-state index contributed by atoms with van der Waals surface area (Å²) < 4.78 is 1.24. The molecule has 104 valence electrons. The van der Waals surface area contributed by atoms with Gasteiger partial charge in [0.1, 0.15) is 0 Å². The lowest BCUT2D eigenvalue weighted by Gasteiger charge is -2.33. The molecule has 3 heteroatoms. The smallest absolute Gasteiger partial charge is 0.0245 e. The van der Waals surface area contributed by atoms with Gasteiger partial charge in [-0.05, 0) is 56.3 Å². The molecule has 1 saturated heterocycles. The zero-order valence-corrected chi connectivity index (χ0v) is 13.0. The summed E-state index contributed by atoms with van der Waals surface area (Å²) in [7, 11) is 0. The van der Waals surface area contributed by atoms with Gasteiger partial charge in [-0.15, -0.1) is 0 Å². The summed E-state index contributed by atoms with van der Waals surface area (Å²) in [6.07, 6.45) is 5.54. The van der Waals surface area contributed by atoms with E-state index in [-0.39, 0.29) is 0 Å². The molecule has 1 aliphatic carbocycles. The summed E-state index contributed by atoms with van der Waals surface area (Å²) in [4.78, 5) is 2.61. The molecule has 1 aliphatic heterocycles. The van der Waals surface area contributed by atoms with Gasteiger partial charge in [0.05, 0.1) is 0 Å². The van der Waals surface area contributed by atoms with Crippen LogP contribution in [0.25, 0.3) is 0 Å². The van der Waals surface area contributed by atoms with Gasteiger partial charge in [-0.3, -0.25) is 4.90 Å². The Bertz CT molecular complexity index is 417. The maximum atomic E-state index is 3.69. The van der Waals surface area contributed by atoms with Crippen LogP contribution in [0.15, 0.2) is 28.7 Å². The maximum Gasteiger partial charge on any atom is 0.0245 e. The first-order valence-corrected chi connectivity index (χ1v) is 8.30. The number of nitrogens with zero attached hydrogens (tertiary/aromatic N) is 1. The first-order chi connectivity index (χ1) is 9.31. The molecule has 2 nitrogen and oxygen atoms in total. The molecule has 0 aromatic heterocycles. The van der Waals surface area contributed by atoms with Gasteiger partial charge in [0.2, 0.25) is 0 Å². The number of hydrogen-bond acceptors (Lipinski definition) is 2. The molecule has 1 N–H and O–H groups in total. The Morgan fingerprint density at radius 3 is 2.84 bits per heavy atom. The lowest BCUT2D eigenvalue weighted by Crippen LogP contribution is -2.39. The predicted octanol–water partition coefficient (Wildman–Crippen LogP) is 3.41. The maximum absolute atomic E-state index is 3.69. The summed E-state index contributed by atoms with van der Waals surface area (Å²) in [5, 5.41) is 3.69. The van der Waals surface area contributed by atoms with Crippen LogP contribution in [0.1, 0.15) is 31.2 Å². The van der Waals surface area contributed by atoms with Crippen molar-refractivity contribution in [1.29, 1.82) is 0 Å². The molecule has 1 heterocycles. The van der Waals surface area contributed by atoms with E-state index >= 15 is 0 Å². The predicted molar refractivity (Wildman–Crippen MR) is 83.2 cm³/mol. The quantitative estimate of drug-likeness (QED) is 0.893. The van der Waals surface area contributed by atoms with E-state index in [4.69, 9.17) is 0 Å². The van der Waals surface area contributed by atoms with Crippen molar-refractivity contribution in [3.63, 3.8) is 0 Å². The zero-order chi connectivity index (χ0) is 13.1. The fourth-order valence-corrected chi connectivity index (χ4v) is 3.36. The van der Waals surface area contributed by atoms with Crippen LogP contribution in [0.4, 0.5) is 0 Å². The molecular formula is C16H23BrN2. The Balaban J connectivity index is 1.51. The van der Waals surface area contributed by atoms with E-state index in [0.717, 1.165) is 18.5 Å². The third-order valence-electron chi connectivity index (χ3n) is 4.23. The minimum atomic E-state index is 0.844. The van der Waals surface area contributed by atoms with Crippen LogP contribution in [0.3, 0.4) is 0 Å². The topological polar surface area (TPSA) is 15.3 Å². The van der Waals surface area contributed by atoms with Gasteiger partial charge < -0.3 is 5.32 Å². The van der Waals surface area contributed by atoms with Crippen LogP contribution in [0, 0.1) is 5.92 Å². The van der Waals surface area contributed by atoms with E-state index in [1.165, 1.54) is 55.4 Å². The van der Waals surface area contributed by atoms with Crippen molar-refractivity contribution in [3.8, 4) is 0 Å². The van der Waals surface area contributed by atoms with Crippen molar-refractivity contribution in [2.24, 2.45) is 5.92 Å². The summed E-state index contributed by atoms with van der Waals surface area (Å²) >= 11 is 3.66. The number of rotatable bonds is 5. The van der Waals surface area contributed by atoms with Gasteiger partial charge in [-0.1, -0.05) is 34.1 Å². The van der Waals surface area contributed by atoms with E-state index in [1.54, 1.807) is 0 Å². The van der Waals surface area contributed by atoms with Crippen molar-refractivity contribution < 1.29 is 0 Å². The zero-order valence-electron chi connectivity index (χ0n) is 11.4. The van der Waals surface area contributed by atoms with Gasteiger partial charge >= 0.3 is 0 Å². The molecule has 0 spiro atoms. The second kappa shape index (κ2) is 6.38. The van der Waals surface area contributed by atoms with Crippen molar-refractivity contribution in [2.75, 3.05) is 19.6 Å². The first-order valence-electron chi connectivity index (χ1n) is 7.50. The van der Waals surface area contributed by atoms with Crippen LogP contribution >= 0.6 is 15.9 Å². The minimum Gasteiger partial charge on any atom is -0.314 e. The van der Waals surface area contributed by atoms with E-state index in [1.807, 2.05) is 0 Å². The van der Waals surface area contributed by atoms with Gasteiger partial charge in [0.25, 0.3) is 0 Å². The second-order valence-corrected chi connectivity index (χ2v) is 6.87. The molecule has 2 fully saturated rings. The van der Waals surface area contributed by atoms with E-state index in [9.17, 15) is 0 Å². The number of likely N-dealkylation sites (tertiary alicyclic amines) is 1. The van der Waals surface area contributed by atoms with E-state index in [0.29, 0.717) is 0 Å². The van der Waals surface area contributed by atoms with Crippen molar-refractivity contribution in [3.05, 3.63) is 34.3 Å². The fraction of sp³-hybridized carbons (Fsp3) is 0.625. The van der Waals surface area contributed by atoms with Crippen molar-refractivity contribution >= 4 is 15.9 Å². The highest BCUT2D eigenvalue weighted by Gasteiger charge is 2.24. The molecule has 1 saturated carbocycles. The molecule has 2 aliphatic rings. The summed E-state index contributed by atoms with van der Waals surface area (Å²) in [6, 6.07) is 9.45. The molecule has 19 heavy (non-hydrogen) atoms. The molecule has 1 aromatic rings. The first kappa shape index (κ1) is 13.6. The van der Waals surface area contributed by atoms with Gasteiger partial charge in [0.15, 0.2) is 0 Å². The van der Waals surface area contributed by atoms with Crippen molar-refractivity contribution in [2.45, 2.75) is 38.3 Å². The number of piperidine rings is 1. The largest absolute Gasteiger partial charge is 0.314 e. The standard InChI is InChI=1S/C16H23BrN2/c17-16-6-2-1-5-14(16)12-19-9-3-4-13(11-19)10-18-15-7-8-15/h1-2,5-6,13,15,18H,3-4,7-12H2. The van der Waals surface area contributed by atoms with Gasteiger partial charge in [0, 0.05) is 23.6 Å². The fourth-order valence-electron chi connectivity index (χ4n) is 2.95. The highest BCUT2D eigenvalue weighted by Crippen LogP contribution is 2.24. The van der Waals surface area contributed by atoms with Crippen LogP contribution in [0.5, 0.6) is 0 Å². The lowest BCUT2D eigenvalue weighted by atomic mass is 9.97. The molecular weight excluding hydrogens is 300 g/mol. The summed E-state index contributed by atoms with van der Waals surface area (Å²) in [6.45, 7) is 4.81. The van der Waals surface area contributed by atoms with E-state index in [2.05, 4.69) is 50.4 Å². The summed E-state index contributed by atoms with van der Waals surface area (Å²) in [5.41, 5.74) is 1.42. The van der Waals surface area contributed by atoms with Crippen LogP contribution < -0.4 is 5.32 Å². The molecule has 0 bridgehead atoms. The SMILES string of the molecule is Brc1ccccc1CN1CCCC(CNC2CC2)C1. The highest BCUT2D eigenvalue weighted by molar-refractivity contribution is 9.10. The van der Waals surface area contributed by atoms with Crippen LogP contribution in [-0.2, 0) is 6.54 Å². The molecule has 1 aromatic carbocycles. The Labute approximate surface area is 124 Å². The highest BCUT2D eigenvalue weighted by atomic mass is 79.9. The summed E-state index contributed by atoms with van der Waals surface area (Å²) in [5.74, 6) is 0.844. The Kier molecular flexibility index (Phi) is 4.57. The molecule has 1 atom stereocenters. The molecule has 0 radical (unpaired) electrons. The second-order valence-electron chi connectivity index (χ2n) is 6.02. The number of nitrogens with one attached hydrogen (secondary N) is 1. The molecule has 3 rings (SSSR count). The van der Waals surface area contributed by atoms with Crippen LogP contribution in [-0.4, -0.2) is 30.6 Å². The third kappa shape index (κ3) is 4.04. The monoisotopic (exact) mass is 322 g/mol. The number of halogens is 1. The average Bonchev–Trinajstić information content (AvgIpc) is 3.24. The number of hydrogen-bond donors (Lipinski definition) is 1. The molecule has 0 amide bonds. The number of benzene rings is 1. The van der Waals surface area contributed by atoms with Crippen LogP contribution in [0.2, 0.25) is 0 Å².